The summed E-state index contributed by atoms with van der Waals surface area (Å²) in [4.78, 5) is 9.42. The first-order valence-electron chi connectivity index (χ1n) is 8.09. The third kappa shape index (κ3) is 3.85. The minimum absolute atomic E-state index is 0.217. The second-order valence-electron chi connectivity index (χ2n) is 6.19. The average Bonchev–Trinajstić information content (AvgIpc) is 2.97. The first kappa shape index (κ1) is 16.9. The van der Waals surface area contributed by atoms with Gasteiger partial charge in [0.15, 0.2) is 5.13 Å². The largest absolute Gasteiger partial charge is 0.508 e. The molecular weight excluding hydrogens is 377 g/mol. The highest BCUT2D eigenvalue weighted by atomic mass is 35.5. The average molecular weight is 394 g/mol. The fourth-order valence-corrected chi connectivity index (χ4v) is 4.65. The number of hydrogen-bond acceptors (Lipinski definition) is 5. The number of nitrogens with zero attached hydrogens (tertiary/aromatic N) is 3. The maximum Gasteiger partial charge on any atom is 0.186 e. The number of aromatic nitrogens is 1. The maximum atomic E-state index is 9.68. The van der Waals surface area contributed by atoms with Crippen molar-refractivity contribution in [2.24, 2.45) is 0 Å². The molecule has 0 aliphatic carbocycles. The highest BCUT2D eigenvalue weighted by Gasteiger charge is 2.20. The minimum atomic E-state index is 0.217. The van der Waals surface area contributed by atoms with E-state index in [1.54, 1.807) is 23.5 Å². The summed E-state index contributed by atoms with van der Waals surface area (Å²) in [7, 11) is 0. The Labute approximate surface area is 160 Å². The van der Waals surface area contributed by atoms with E-state index in [0.29, 0.717) is 5.02 Å². The number of fused-ring (bicyclic) bond motifs is 1. The predicted molar refractivity (Wildman–Crippen MR) is 105 cm³/mol. The van der Waals surface area contributed by atoms with Crippen molar-refractivity contribution in [3.05, 3.63) is 52.0 Å². The molecule has 1 aliphatic heterocycles. The summed E-state index contributed by atoms with van der Waals surface area (Å²) in [5, 5.41) is 12.0. The first-order chi connectivity index (χ1) is 12.1. The highest BCUT2D eigenvalue weighted by Crippen LogP contribution is 2.31. The Morgan fingerprint density at radius 3 is 2.56 bits per heavy atom. The van der Waals surface area contributed by atoms with Crippen molar-refractivity contribution >= 4 is 49.9 Å². The lowest BCUT2D eigenvalue weighted by molar-refractivity contribution is 0.249. The van der Waals surface area contributed by atoms with Crippen molar-refractivity contribution in [3.8, 4) is 5.75 Å². The van der Waals surface area contributed by atoms with Gasteiger partial charge in [-0.25, -0.2) is 4.98 Å². The molecule has 0 unspecified atom stereocenters. The second-order valence-corrected chi connectivity index (χ2v) is 8.07. The number of phenols is 1. The van der Waals surface area contributed by atoms with E-state index < -0.39 is 0 Å². The Kier molecular flexibility index (Phi) is 4.73. The van der Waals surface area contributed by atoms with Gasteiger partial charge in [0.25, 0.3) is 0 Å². The van der Waals surface area contributed by atoms with Gasteiger partial charge in [-0.3, -0.25) is 4.90 Å². The van der Waals surface area contributed by atoms with Gasteiger partial charge in [-0.05, 0) is 42.0 Å². The molecule has 0 saturated carbocycles. The number of thiazole rings is 1. The van der Waals surface area contributed by atoms with Crippen LogP contribution in [-0.4, -0.2) is 41.2 Å². The number of rotatable bonds is 3. The summed E-state index contributed by atoms with van der Waals surface area (Å²) in [6.07, 6.45) is 0. The van der Waals surface area contributed by atoms with Gasteiger partial charge in [0.1, 0.15) is 5.75 Å². The zero-order valence-corrected chi connectivity index (χ0v) is 15.8. The van der Waals surface area contributed by atoms with E-state index in [0.717, 1.165) is 58.7 Å². The van der Waals surface area contributed by atoms with Crippen LogP contribution in [0.3, 0.4) is 0 Å². The van der Waals surface area contributed by atoms with Gasteiger partial charge in [0.2, 0.25) is 0 Å². The van der Waals surface area contributed by atoms with E-state index in [1.165, 1.54) is 0 Å². The molecule has 1 aromatic heterocycles. The van der Waals surface area contributed by atoms with Crippen LogP contribution in [0.1, 0.15) is 5.56 Å². The van der Waals surface area contributed by atoms with Crippen molar-refractivity contribution in [1.82, 2.24) is 9.88 Å². The summed E-state index contributed by atoms with van der Waals surface area (Å²) >= 11 is 13.8. The molecule has 3 aromatic rings. The Balaban J connectivity index is 1.42. The first-order valence-corrected chi connectivity index (χ1v) is 9.66. The lowest BCUT2D eigenvalue weighted by Crippen LogP contribution is -2.45. The van der Waals surface area contributed by atoms with Gasteiger partial charge < -0.3 is 10.0 Å². The number of phenolic OH excluding ortho intramolecular Hbond substituents is 1. The van der Waals surface area contributed by atoms with E-state index in [9.17, 15) is 5.11 Å². The molecule has 1 N–H and O–H groups in total. The Bertz CT molecular complexity index is 886. The molecule has 25 heavy (non-hydrogen) atoms. The van der Waals surface area contributed by atoms with Crippen molar-refractivity contribution in [3.63, 3.8) is 0 Å². The molecular formula is C18H17Cl2N3OS. The molecule has 2 aromatic carbocycles. The van der Waals surface area contributed by atoms with Crippen LogP contribution in [0, 0.1) is 0 Å². The van der Waals surface area contributed by atoms with Crippen LogP contribution < -0.4 is 4.90 Å². The van der Waals surface area contributed by atoms with Gasteiger partial charge >= 0.3 is 0 Å². The number of halogens is 2. The number of aromatic hydroxyl groups is 1. The Morgan fingerprint density at radius 1 is 1.00 bits per heavy atom. The summed E-state index contributed by atoms with van der Waals surface area (Å²) in [5.41, 5.74) is 2.04. The van der Waals surface area contributed by atoms with Crippen LogP contribution in [0.15, 0.2) is 36.4 Å². The molecule has 0 spiro atoms. The normalized spacial score (nSPS) is 15.8. The lowest BCUT2D eigenvalue weighted by atomic mass is 10.2. The molecule has 130 valence electrons. The molecule has 4 rings (SSSR count). The summed E-state index contributed by atoms with van der Waals surface area (Å²) < 4.78 is 1.12. The monoisotopic (exact) mass is 393 g/mol. The van der Waals surface area contributed by atoms with Gasteiger partial charge in [0, 0.05) is 42.8 Å². The Morgan fingerprint density at radius 2 is 1.80 bits per heavy atom. The number of anilines is 1. The van der Waals surface area contributed by atoms with E-state index in [4.69, 9.17) is 28.2 Å². The number of benzene rings is 2. The predicted octanol–water partition coefficient (Wildman–Crippen LogP) is 4.63. The third-order valence-electron chi connectivity index (χ3n) is 4.33. The zero-order valence-electron chi connectivity index (χ0n) is 13.5. The number of piperazine rings is 1. The van der Waals surface area contributed by atoms with Crippen LogP contribution in [0.5, 0.6) is 5.75 Å². The van der Waals surface area contributed by atoms with Crippen LogP contribution in [-0.2, 0) is 6.54 Å². The smallest absolute Gasteiger partial charge is 0.186 e. The van der Waals surface area contributed by atoms with Crippen LogP contribution in [0.2, 0.25) is 10.0 Å². The molecule has 7 heteroatoms. The second kappa shape index (κ2) is 7.00. The molecule has 0 bridgehead atoms. The molecule has 1 fully saturated rings. The zero-order chi connectivity index (χ0) is 17.4. The molecule has 1 saturated heterocycles. The lowest BCUT2D eigenvalue weighted by Gasteiger charge is -2.34. The number of hydrogen-bond donors (Lipinski definition) is 1. The summed E-state index contributed by atoms with van der Waals surface area (Å²) in [6.45, 7) is 4.55. The Hall–Kier alpha value is -1.53. The topological polar surface area (TPSA) is 39.6 Å². The quantitative estimate of drug-likeness (QED) is 0.703. The highest BCUT2D eigenvalue weighted by molar-refractivity contribution is 7.22. The van der Waals surface area contributed by atoms with E-state index >= 15 is 0 Å². The van der Waals surface area contributed by atoms with Crippen molar-refractivity contribution in [1.29, 1.82) is 0 Å². The molecule has 0 atom stereocenters. The van der Waals surface area contributed by atoms with Gasteiger partial charge in [-0.15, -0.1) is 0 Å². The molecule has 0 amide bonds. The molecule has 1 aliphatic rings. The molecule has 4 nitrogen and oxygen atoms in total. The fourth-order valence-electron chi connectivity index (χ4n) is 3.10. The third-order valence-corrected chi connectivity index (χ3v) is 5.86. The van der Waals surface area contributed by atoms with Crippen molar-refractivity contribution < 1.29 is 5.11 Å². The van der Waals surface area contributed by atoms with Crippen LogP contribution in [0.4, 0.5) is 5.13 Å². The minimum Gasteiger partial charge on any atom is -0.508 e. The summed E-state index contributed by atoms with van der Waals surface area (Å²) in [6, 6.07) is 11.1. The van der Waals surface area contributed by atoms with Gasteiger partial charge in [-0.1, -0.05) is 34.5 Å². The van der Waals surface area contributed by atoms with Crippen LogP contribution >= 0.6 is 34.5 Å². The molecule has 2 heterocycles. The van der Waals surface area contributed by atoms with Crippen molar-refractivity contribution in [2.75, 3.05) is 31.1 Å². The van der Waals surface area contributed by atoms with Crippen molar-refractivity contribution in [2.45, 2.75) is 6.54 Å². The van der Waals surface area contributed by atoms with Gasteiger partial charge in [-0.2, -0.15) is 0 Å². The molecule has 0 radical (unpaired) electrons. The fraction of sp³-hybridized carbons (Fsp3) is 0.278. The summed E-state index contributed by atoms with van der Waals surface area (Å²) in [5.74, 6) is 0.217. The van der Waals surface area contributed by atoms with E-state index in [1.807, 2.05) is 24.3 Å². The maximum absolute atomic E-state index is 9.68. The van der Waals surface area contributed by atoms with E-state index in [2.05, 4.69) is 9.80 Å². The SMILES string of the molecule is Oc1cc(Cl)cc(CN2CCN(c3nc4ccc(Cl)cc4s3)CC2)c1. The standard InChI is InChI=1S/C18H17Cl2N3OS/c19-13-1-2-16-17(10-13)25-18(21-16)23-5-3-22(4-6-23)11-12-7-14(20)9-15(24)8-12/h1-2,7-10,24H,3-6,11H2. The van der Waals surface area contributed by atoms with Crippen LogP contribution in [0.25, 0.3) is 10.2 Å². The van der Waals surface area contributed by atoms with Gasteiger partial charge in [0.05, 0.1) is 10.2 Å². The van der Waals surface area contributed by atoms with E-state index in [-0.39, 0.29) is 5.75 Å².